The predicted molar refractivity (Wildman–Crippen MR) is 147 cm³/mol. The van der Waals surface area contributed by atoms with Crippen molar-refractivity contribution in [1.29, 1.82) is 0 Å². The quantitative estimate of drug-likeness (QED) is 0.116. The van der Waals surface area contributed by atoms with Gasteiger partial charge in [0, 0.05) is 12.0 Å². The van der Waals surface area contributed by atoms with Gasteiger partial charge in [-0.1, -0.05) is 113 Å². The summed E-state index contributed by atoms with van der Waals surface area (Å²) in [5.41, 5.74) is 9.20. The standard InChI is InChI=1S/C31H43NO3/c1-4-5-6-7-8-9-10-14-23-34-29-20-17-28(18-21-29)24-25(2)26(3)31(32)35-30(33)22-19-27-15-12-11-13-16-27/h11-13,15-22,24,26,31H,4-10,14,23,32H2,1-3H3. The van der Waals surface area contributed by atoms with Gasteiger partial charge < -0.3 is 9.47 Å². The van der Waals surface area contributed by atoms with Crippen LogP contribution in [0.25, 0.3) is 12.2 Å². The van der Waals surface area contributed by atoms with Gasteiger partial charge >= 0.3 is 5.97 Å². The van der Waals surface area contributed by atoms with Gasteiger partial charge in [-0.15, -0.1) is 0 Å². The Morgan fingerprint density at radius 3 is 2.17 bits per heavy atom. The Morgan fingerprint density at radius 1 is 0.886 bits per heavy atom. The molecule has 35 heavy (non-hydrogen) atoms. The van der Waals surface area contributed by atoms with Crippen LogP contribution < -0.4 is 10.5 Å². The molecule has 0 aliphatic carbocycles. The number of hydrogen-bond acceptors (Lipinski definition) is 4. The molecule has 0 radical (unpaired) electrons. The number of rotatable bonds is 16. The molecule has 2 atom stereocenters. The maximum absolute atomic E-state index is 12.1. The minimum Gasteiger partial charge on any atom is -0.494 e. The van der Waals surface area contributed by atoms with Crippen LogP contribution in [0, 0.1) is 5.92 Å². The topological polar surface area (TPSA) is 61.6 Å². The van der Waals surface area contributed by atoms with Crippen LogP contribution in [0.5, 0.6) is 5.75 Å². The van der Waals surface area contributed by atoms with Crippen molar-refractivity contribution in [2.75, 3.05) is 6.61 Å². The molecule has 0 bridgehead atoms. The van der Waals surface area contributed by atoms with E-state index in [1.165, 1.54) is 51.0 Å². The first-order valence-corrected chi connectivity index (χ1v) is 13.1. The second kappa shape index (κ2) is 16.7. The lowest BCUT2D eigenvalue weighted by atomic mass is 9.98. The molecule has 2 unspecified atom stereocenters. The molecular weight excluding hydrogens is 434 g/mol. The third kappa shape index (κ3) is 11.9. The molecule has 2 aromatic carbocycles. The fourth-order valence-corrected chi connectivity index (χ4v) is 3.74. The molecule has 4 nitrogen and oxygen atoms in total. The monoisotopic (exact) mass is 477 g/mol. The van der Waals surface area contributed by atoms with Gasteiger partial charge in [-0.2, -0.15) is 0 Å². The zero-order valence-corrected chi connectivity index (χ0v) is 21.7. The molecule has 0 amide bonds. The normalized spacial score (nSPS) is 13.5. The minimum absolute atomic E-state index is 0.109. The summed E-state index contributed by atoms with van der Waals surface area (Å²) in [4.78, 5) is 12.1. The molecule has 0 aliphatic rings. The Morgan fingerprint density at radius 2 is 1.51 bits per heavy atom. The van der Waals surface area contributed by atoms with E-state index in [-0.39, 0.29) is 5.92 Å². The first-order chi connectivity index (χ1) is 17.0. The smallest absolute Gasteiger partial charge is 0.332 e. The molecule has 0 saturated carbocycles. The van der Waals surface area contributed by atoms with Crippen LogP contribution in [0.15, 0.2) is 66.2 Å². The number of benzene rings is 2. The first-order valence-electron chi connectivity index (χ1n) is 13.1. The SMILES string of the molecule is CCCCCCCCCCOc1ccc(C=C(C)C(C)C(N)OC(=O)C=Cc2ccccc2)cc1. The summed E-state index contributed by atoms with van der Waals surface area (Å²) in [6.45, 7) is 6.99. The van der Waals surface area contributed by atoms with E-state index in [1.807, 2.05) is 68.4 Å². The van der Waals surface area contributed by atoms with E-state index in [1.54, 1.807) is 6.08 Å². The maximum Gasteiger partial charge on any atom is 0.332 e. The third-order valence-electron chi connectivity index (χ3n) is 6.22. The summed E-state index contributed by atoms with van der Waals surface area (Å²) in [5.74, 6) is 0.340. The summed E-state index contributed by atoms with van der Waals surface area (Å²) < 4.78 is 11.3. The number of ether oxygens (including phenoxy) is 2. The van der Waals surface area contributed by atoms with Gasteiger partial charge in [-0.05, 0) is 42.7 Å². The van der Waals surface area contributed by atoms with Crippen LogP contribution in [0.2, 0.25) is 0 Å². The molecule has 0 spiro atoms. The zero-order valence-electron chi connectivity index (χ0n) is 21.7. The van der Waals surface area contributed by atoms with Crippen LogP contribution in [-0.4, -0.2) is 18.8 Å². The summed E-state index contributed by atoms with van der Waals surface area (Å²) in [6.07, 6.45) is 14.9. The highest BCUT2D eigenvalue weighted by atomic mass is 16.6. The highest BCUT2D eigenvalue weighted by Gasteiger charge is 2.17. The van der Waals surface area contributed by atoms with Gasteiger partial charge in [0.25, 0.3) is 0 Å². The summed E-state index contributed by atoms with van der Waals surface area (Å²) in [6, 6.07) is 17.7. The number of nitrogens with two attached hydrogens (primary N) is 1. The van der Waals surface area contributed by atoms with E-state index >= 15 is 0 Å². The van der Waals surface area contributed by atoms with Crippen LogP contribution in [-0.2, 0) is 9.53 Å². The van der Waals surface area contributed by atoms with Gasteiger partial charge in [-0.25, -0.2) is 4.79 Å². The third-order valence-corrected chi connectivity index (χ3v) is 6.22. The molecular formula is C31H43NO3. The number of carbonyl (C=O) groups is 1. The highest BCUT2D eigenvalue weighted by molar-refractivity contribution is 5.87. The van der Waals surface area contributed by atoms with Gasteiger partial charge in [0.2, 0.25) is 0 Å². The molecule has 0 fully saturated rings. The molecule has 4 heteroatoms. The van der Waals surface area contributed by atoms with Crippen molar-refractivity contribution in [2.45, 2.75) is 78.4 Å². The van der Waals surface area contributed by atoms with Gasteiger partial charge in [0.1, 0.15) is 5.75 Å². The molecule has 2 N–H and O–H groups in total. The van der Waals surface area contributed by atoms with Crippen molar-refractivity contribution in [3.05, 3.63) is 77.4 Å². The largest absolute Gasteiger partial charge is 0.494 e. The maximum atomic E-state index is 12.1. The van der Waals surface area contributed by atoms with Crippen molar-refractivity contribution < 1.29 is 14.3 Å². The zero-order chi connectivity index (χ0) is 25.3. The minimum atomic E-state index is -0.714. The van der Waals surface area contributed by atoms with Crippen molar-refractivity contribution in [3.8, 4) is 5.75 Å². The predicted octanol–water partition coefficient (Wildman–Crippen LogP) is 7.79. The Hall–Kier alpha value is -2.85. The summed E-state index contributed by atoms with van der Waals surface area (Å²) in [7, 11) is 0. The molecule has 0 heterocycles. The second-order valence-corrected chi connectivity index (χ2v) is 9.21. The lowest BCUT2D eigenvalue weighted by Crippen LogP contribution is -2.33. The van der Waals surface area contributed by atoms with E-state index in [9.17, 15) is 4.79 Å². The first kappa shape index (κ1) is 28.4. The molecule has 2 rings (SSSR count). The average molecular weight is 478 g/mol. The van der Waals surface area contributed by atoms with Crippen LogP contribution in [0.3, 0.4) is 0 Å². The van der Waals surface area contributed by atoms with Crippen LogP contribution in [0.1, 0.15) is 83.3 Å². The highest BCUT2D eigenvalue weighted by Crippen LogP contribution is 2.20. The van der Waals surface area contributed by atoms with Crippen LogP contribution in [0.4, 0.5) is 0 Å². The fraction of sp³-hybridized carbons (Fsp3) is 0.452. The lowest BCUT2D eigenvalue weighted by Gasteiger charge is -2.20. The Labute approximate surface area is 212 Å². The average Bonchev–Trinajstić information content (AvgIpc) is 2.87. The van der Waals surface area contributed by atoms with E-state index < -0.39 is 12.2 Å². The van der Waals surface area contributed by atoms with Crippen molar-refractivity contribution in [3.63, 3.8) is 0 Å². The summed E-state index contributed by atoms with van der Waals surface area (Å²) >= 11 is 0. The number of unbranched alkanes of at least 4 members (excludes halogenated alkanes) is 7. The molecule has 2 aromatic rings. The van der Waals surface area contributed by atoms with E-state index in [0.29, 0.717) is 0 Å². The van der Waals surface area contributed by atoms with Crippen LogP contribution >= 0.6 is 0 Å². The Kier molecular flexibility index (Phi) is 13.6. The second-order valence-electron chi connectivity index (χ2n) is 9.21. The van der Waals surface area contributed by atoms with Crippen molar-refractivity contribution in [2.24, 2.45) is 11.7 Å². The lowest BCUT2D eigenvalue weighted by molar-refractivity contribution is -0.144. The molecule has 0 aromatic heterocycles. The Bertz CT molecular complexity index is 903. The fourth-order valence-electron chi connectivity index (χ4n) is 3.74. The van der Waals surface area contributed by atoms with Gasteiger partial charge in [0.05, 0.1) is 6.61 Å². The van der Waals surface area contributed by atoms with Gasteiger partial charge in [0.15, 0.2) is 6.23 Å². The molecule has 0 saturated heterocycles. The van der Waals surface area contributed by atoms with Crippen molar-refractivity contribution >= 4 is 18.1 Å². The summed E-state index contributed by atoms with van der Waals surface area (Å²) in [5, 5.41) is 0. The number of hydrogen-bond donors (Lipinski definition) is 1. The van der Waals surface area contributed by atoms with Crippen molar-refractivity contribution in [1.82, 2.24) is 0 Å². The number of esters is 1. The molecule has 190 valence electrons. The van der Waals surface area contributed by atoms with Gasteiger partial charge in [-0.3, -0.25) is 5.73 Å². The van der Waals surface area contributed by atoms with E-state index in [0.717, 1.165) is 35.5 Å². The Balaban J connectivity index is 1.72. The van der Waals surface area contributed by atoms with E-state index in [4.69, 9.17) is 15.2 Å². The number of carbonyl (C=O) groups excluding carboxylic acids is 1. The molecule has 0 aliphatic heterocycles. The van der Waals surface area contributed by atoms with E-state index in [2.05, 4.69) is 13.0 Å².